The fourth-order valence-corrected chi connectivity index (χ4v) is 3.66. The Kier molecular flexibility index (Phi) is 7.02. The van der Waals surface area contributed by atoms with Gasteiger partial charge in [0.05, 0.1) is 6.54 Å². The van der Waals surface area contributed by atoms with Crippen molar-refractivity contribution in [3.63, 3.8) is 0 Å². The SMILES string of the molecule is O=C(CNc1cccc(C(=O)N2CCCC2)c1)Nc1cccc(OCc2ccccc2)c1. The summed E-state index contributed by atoms with van der Waals surface area (Å²) in [5.74, 6) is 0.553. The smallest absolute Gasteiger partial charge is 0.253 e. The summed E-state index contributed by atoms with van der Waals surface area (Å²) in [6, 6.07) is 24.5. The van der Waals surface area contributed by atoms with E-state index in [4.69, 9.17) is 4.74 Å². The van der Waals surface area contributed by atoms with Crippen LogP contribution >= 0.6 is 0 Å². The van der Waals surface area contributed by atoms with Crippen molar-refractivity contribution in [2.45, 2.75) is 19.4 Å². The number of hydrogen-bond donors (Lipinski definition) is 2. The van der Waals surface area contributed by atoms with Gasteiger partial charge in [0.25, 0.3) is 5.91 Å². The lowest BCUT2D eigenvalue weighted by Crippen LogP contribution is -2.27. The zero-order valence-corrected chi connectivity index (χ0v) is 17.9. The molecular formula is C26H27N3O3. The molecule has 3 aromatic carbocycles. The van der Waals surface area contributed by atoms with E-state index in [9.17, 15) is 9.59 Å². The van der Waals surface area contributed by atoms with Crippen molar-refractivity contribution in [1.82, 2.24) is 4.90 Å². The van der Waals surface area contributed by atoms with E-state index in [2.05, 4.69) is 10.6 Å². The van der Waals surface area contributed by atoms with E-state index in [1.165, 1.54) is 0 Å². The Morgan fingerprint density at radius 2 is 1.59 bits per heavy atom. The maximum absolute atomic E-state index is 12.6. The normalized spacial score (nSPS) is 12.9. The van der Waals surface area contributed by atoms with Crippen LogP contribution in [0.3, 0.4) is 0 Å². The number of benzene rings is 3. The number of ether oxygens (including phenoxy) is 1. The lowest BCUT2D eigenvalue weighted by molar-refractivity contribution is -0.114. The highest BCUT2D eigenvalue weighted by Gasteiger charge is 2.19. The third kappa shape index (κ3) is 5.88. The molecule has 2 N–H and O–H groups in total. The molecule has 0 radical (unpaired) electrons. The molecule has 1 aliphatic rings. The van der Waals surface area contributed by atoms with Crippen LogP contribution in [0, 0.1) is 0 Å². The largest absolute Gasteiger partial charge is 0.489 e. The second-order valence-electron chi connectivity index (χ2n) is 7.78. The van der Waals surface area contributed by atoms with Gasteiger partial charge in [-0.05, 0) is 48.7 Å². The van der Waals surface area contributed by atoms with Crippen molar-refractivity contribution in [1.29, 1.82) is 0 Å². The zero-order chi connectivity index (χ0) is 22.2. The number of nitrogens with one attached hydrogen (secondary N) is 2. The van der Waals surface area contributed by atoms with E-state index in [0.717, 1.165) is 37.2 Å². The Hall–Kier alpha value is -3.80. The number of likely N-dealkylation sites (tertiary alicyclic amines) is 1. The topological polar surface area (TPSA) is 70.7 Å². The van der Waals surface area contributed by atoms with Crippen LogP contribution in [-0.4, -0.2) is 36.3 Å². The van der Waals surface area contributed by atoms with Crippen LogP contribution in [0.2, 0.25) is 0 Å². The summed E-state index contributed by atoms with van der Waals surface area (Å²) in [6.45, 7) is 2.18. The molecule has 32 heavy (non-hydrogen) atoms. The monoisotopic (exact) mass is 429 g/mol. The van der Waals surface area contributed by atoms with E-state index < -0.39 is 0 Å². The van der Waals surface area contributed by atoms with Gasteiger partial charge in [0.2, 0.25) is 5.91 Å². The van der Waals surface area contributed by atoms with Crippen LogP contribution in [0.25, 0.3) is 0 Å². The Morgan fingerprint density at radius 1 is 0.844 bits per heavy atom. The molecule has 0 unspecified atom stereocenters. The van der Waals surface area contributed by atoms with Gasteiger partial charge < -0.3 is 20.3 Å². The minimum atomic E-state index is -0.179. The standard InChI is InChI=1S/C26H27N3O3/c30-25(18-27-22-11-6-10-21(16-22)26(31)29-14-4-5-15-29)28-23-12-7-13-24(17-23)32-19-20-8-2-1-3-9-20/h1-3,6-13,16-17,27H,4-5,14-15,18-19H2,(H,28,30). The molecule has 1 aliphatic heterocycles. The van der Waals surface area contributed by atoms with E-state index in [0.29, 0.717) is 23.6 Å². The summed E-state index contributed by atoms with van der Waals surface area (Å²) in [5, 5.41) is 5.97. The maximum atomic E-state index is 12.6. The number of amides is 2. The van der Waals surface area contributed by atoms with Crippen molar-refractivity contribution >= 4 is 23.2 Å². The van der Waals surface area contributed by atoms with Crippen LogP contribution < -0.4 is 15.4 Å². The molecule has 2 amide bonds. The van der Waals surface area contributed by atoms with Crippen molar-refractivity contribution in [3.8, 4) is 5.75 Å². The average molecular weight is 430 g/mol. The van der Waals surface area contributed by atoms with E-state index in [1.54, 1.807) is 12.1 Å². The molecule has 6 heteroatoms. The van der Waals surface area contributed by atoms with Crippen molar-refractivity contribution < 1.29 is 14.3 Å². The van der Waals surface area contributed by atoms with Gasteiger partial charge in [-0.25, -0.2) is 0 Å². The molecule has 164 valence electrons. The van der Waals surface area contributed by atoms with Gasteiger partial charge in [-0.2, -0.15) is 0 Å². The fraction of sp³-hybridized carbons (Fsp3) is 0.231. The first-order valence-corrected chi connectivity index (χ1v) is 10.9. The molecule has 0 aromatic heterocycles. The Morgan fingerprint density at radius 3 is 2.41 bits per heavy atom. The molecule has 4 rings (SSSR count). The lowest BCUT2D eigenvalue weighted by Gasteiger charge is -2.16. The summed E-state index contributed by atoms with van der Waals surface area (Å²) < 4.78 is 5.82. The van der Waals surface area contributed by atoms with Gasteiger partial charge in [0.15, 0.2) is 0 Å². The molecule has 0 saturated carbocycles. The first-order chi connectivity index (χ1) is 15.7. The molecule has 0 bridgehead atoms. The molecule has 6 nitrogen and oxygen atoms in total. The maximum Gasteiger partial charge on any atom is 0.253 e. The highest BCUT2D eigenvalue weighted by atomic mass is 16.5. The summed E-state index contributed by atoms with van der Waals surface area (Å²) in [5.41, 5.74) is 3.13. The van der Waals surface area contributed by atoms with E-state index in [-0.39, 0.29) is 18.4 Å². The molecule has 0 atom stereocenters. The summed E-state index contributed by atoms with van der Waals surface area (Å²) >= 11 is 0. The first-order valence-electron chi connectivity index (χ1n) is 10.9. The van der Waals surface area contributed by atoms with Crippen LogP contribution in [0.1, 0.15) is 28.8 Å². The minimum Gasteiger partial charge on any atom is -0.489 e. The predicted molar refractivity (Wildman–Crippen MR) is 126 cm³/mol. The van der Waals surface area contributed by atoms with Gasteiger partial charge in [-0.3, -0.25) is 9.59 Å². The fourth-order valence-electron chi connectivity index (χ4n) is 3.66. The highest BCUT2D eigenvalue weighted by Crippen LogP contribution is 2.19. The Labute approximate surface area is 188 Å². The predicted octanol–water partition coefficient (Wildman–Crippen LogP) is 4.55. The van der Waals surface area contributed by atoms with Crippen LogP contribution in [0.15, 0.2) is 78.9 Å². The molecule has 3 aromatic rings. The summed E-state index contributed by atoms with van der Waals surface area (Å²) in [6.07, 6.45) is 2.12. The third-order valence-corrected chi connectivity index (χ3v) is 5.32. The Bertz CT molecular complexity index is 1060. The lowest BCUT2D eigenvalue weighted by atomic mass is 10.1. The third-order valence-electron chi connectivity index (χ3n) is 5.32. The summed E-state index contributed by atoms with van der Waals surface area (Å²) in [4.78, 5) is 26.8. The molecular weight excluding hydrogens is 402 g/mol. The van der Waals surface area contributed by atoms with Gasteiger partial charge in [-0.1, -0.05) is 42.5 Å². The van der Waals surface area contributed by atoms with Crippen LogP contribution in [0.5, 0.6) is 5.75 Å². The molecule has 0 aliphatic carbocycles. The van der Waals surface area contributed by atoms with Crippen LogP contribution in [-0.2, 0) is 11.4 Å². The number of anilines is 2. The summed E-state index contributed by atoms with van der Waals surface area (Å²) in [7, 11) is 0. The Balaban J connectivity index is 1.28. The van der Waals surface area contributed by atoms with Crippen molar-refractivity contribution in [2.24, 2.45) is 0 Å². The van der Waals surface area contributed by atoms with Crippen molar-refractivity contribution in [3.05, 3.63) is 90.0 Å². The molecule has 1 saturated heterocycles. The second kappa shape index (κ2) is 10.5. The van der Waals surface area contributed by atoms with E-state index in [1.807, 2.05) is 71.6 Å². The molecule has 1 fully saturated rings. The zero-order valence-electron chi connectivity index (χ0n) is 17.9. The van der Waals surface area contributed by atoms with Gasteiger partial charge in [0.1, 0.15) is 12.4 Å². The van der Waals surface area contributed by atoms with Gasteiger partial charge in [0, 0.05) is 36.1 Å². The number of nitrogens with zero attached hydrogens (tertiary/aromatic N) is 1. The minimum absolute atomic E-state index is 0.0444. The van der Waals surface area contributed by atoms with Gasteiger partial charge >= 0.3 is 0 Å². The quantitative estimate of drug-likeness (QED) is 0.551. The number of carbonyl (C=O) groups is 2. The van der Waals surface area contributed by atoms with Crippen molar-refractivity contribution in [2.75, 3.05) is 30.3 Å². The highest BCUT2D eigenvalue weighted by molar-refractivity contribution is 5.96. The molecule has 0 spiro atoms. The molecule has 1 heterocycles. The number of carbonyl (C=O) groups excluding carboxylic acids is 2. The first kappa shape index (κ1) is 21.4. The average Bonchev–Trinajstić information content (AvgIpc) is 3.37. The number of rotatable bonds is 8. The van der Waals surface area contributed by atoms with Gasteiger partial charge in [-0.15, -0.1) is 0 Å². The second-order valence-corrected chi connectivity index (χ2v) is 7.78. The van der Waals surface area contributed by atoms with E-state index >= 15 is 0 Å². The van der Waals surface area contributed by atoms with Crippen LogP contribution in [0.4, 0.5) is 11.4 Å². The number of hydrogen-bond acceptors (Lipinski definition) is 4.